The molecule has 1 N–H and O–H groups in total. The molecule has 1 saturated heterocycles. The van der Waals surface area contributed by atoms with Crippen LogP contribution < -0.4 is 4.90 Å². The third-order valence-electron chi connectivity index (χ3n) is 11.4. The summed E-state index contributed by atoms with van der Waals surface area (Å²) in [6.45, 7) is 18.4. The molecule has 2 amide bonds. The maximum Gasteiger partial charge on any atom is 0.407 e. The van der Waals surface area contributed by atoms with Gasteiger partial charge in [0.1, 0.15) is 19.7 Å². The number of carbonyl (C=O) groups excluding carboxylic acids is 1. The molecule has 0 aromatic heterocycles. The van der Waals surface area contributed by atoms with Crippen molar-refractivity contribution in [1.29, 1.82) is 0 Å². The topological polar surface area (TPSA) is 64.1 Å². The lowest BCUT2D eigenvalue weighted by atomic mass is 9.80. The molecule has 2 aliphatic rings. The number of halogens is 3. The molecular formula is C42H52F3N3O3Si. The van der Waals surface area contributed by atoms with Crippen molar-refractivity contribution in [3.8, 4) is 22.6 Å². The number of carboxylic acid groups (broad SMARTS) is 1. The Hall–Kier alpha value is -4.23. The van der Waals surface area contributed by atoms with Crippen molar-refractivity contribution >= 4 is 25.8 Å². The summed E-state index contributed by atoms with van der Waals surface area (Å²) in [6, 6.07) is 14.1. The Morgan fingerprint density at radius 3 is 2.06 bits per heavy atom. The van der Waals surface area contributed by atoms with E-state index in [1.165, 1.54) is 4.90 Å². The molecule has 3 aromatic rings. The molecule has 1 fully saturated rings. The molecule has 1 atom stereocenters. The first-order chi connectivity index (χ1) is 24.5. The zero-order valence-corrected chi connectivity index (χ0v) is 32.7. The Balaban J connectivity index is 1.54. The molecule has 0 bridgehead atoms. The van der Waals surface area contributed by atoms with Crippen LogP contribution in [-0.2, 0) is 12.0 Å². The number of hydrogen-bond acceptors (Lipinski definition) is 3. The minimum atomic E-state index is -2.15. The first kappa shape index (κ1) is 39.0. The Bertz CT molecular complexity index is 1840. The molecule has 3 aromatic carbocycles. The number of carbonyl (C=O) groups is 2. The van der Waals surface area contributed by atoms with Gasteiger partial charge in [-0.05, 0) is 75.3 Å². The first-order valence-corrected chi connectivity index (χ1v) is 20.6. The van der Waals surface area contributed by atoms with Crippen LogP contribution in [0.5, 0.6) is 0 Å². The smallest absolute Gasteiger partial charge is 0.407 e. The van der Waals surface area contributed by atoms with Crippen molar-refractivity contribution < 1.29 is 27.9 Å². The van der Waals surface area contributed by atoms with Crippen LogP contribution in [0.1, 0.15) is 94.9 Å². The molecule has 5 rings (SSSR count). The molecule has 0 aliphatic carbocycles. The van der Waals surface area contributed by atoms with Gasteiger partial charge in [0.15, 0.2) is 0 Å². The van der Waals surface area contributed by atoms with Gasteiger partial charge in [-0.15, -0.1) is 11.5 Å². The van der Waals surface area contributed by atoms with E-state index in [4.69, 9.17) is 0 Å². The van der Waals surface area contributed by atoms with Crippen LogP contribution in [-0.4, -0.2) is 67.8 Å². The van der Waals surface area contributed by atoms with Gasteiger partial charge in [0.2, 0.25) is 0 Å². The lowest BCUT2D eigenvalue weighted by Gasteiger charge is -2.38. The number of fused-ring (bicyclic) bond motifs is 1. The number of benzene rings is 3. The number of piperazine rings is 1. The average Bonchev–Trinajstić information content (AvgIpc) is 3.44. The first-order valence-electron chi connectivity index (χ1n) is 18.3. The highest BCUT2D eigenvalue weighted by Gasteiger charge is 2.42. The molecule has 0 saturated carbocycles. The summed E-state index contributed by atoms with van der Waals surface area (Å²) in [5.41, 5.74) is 8.34. The lowest BCUT2D eigenvalue weighted by Crippen LogP contribution is -2.48. The molecule has 52 heavy (non-hydrogen) atoms. The lowest BCUT2D eigenvalue weighted by molar-refractivity contribution is 0.0700. The summed E-state index contributed by atoms with van der Waals surface area (Å²) in [7, 11) is -2.15. The van der Waals surface area contributed by atoms with Crippen molar-refractivity contribution in [3.05, 3.63) is 88.5 Å². The quantitative estimate of drug-likeness (QED) is 0.167. The summed E-state index contributed by atoms with van der Waals surface area (Å²) in [6.07, 6.45) is -0.781. The standard InChI is InChI=1S/C42H52F3N3O3Si/c1-27(2)52(28(3)4,29(5)6)21-9-10-39(35-24-32(44)13-16-38(35)45)48-25-36-34(40(48)49)22-31(23-37(36)42(7,8)26-43)30-11-14-33(15-12-30)46-17-19-47(20-18-46)41(50)51/h11-16,22-24,27-29,39H,10,17-20,25-26H2,1-8H3,(H,50,51). The van der Waals surface area contributed by atoms with Gasteiger partial charge in [0.25, 0.3) is 5.91 Å². The second-order valence-electron chi connectivity index (χ2n) is 15.9. The van der Waals surface area contributed by atoms with Crippen molar-refractivity contribution in [2.75, 3.05) is 37.8 Å². The molecule has 1 unspecified atom stereocenters. The number of hydrogen-bond donors (Lipinski definition) is 1. The summed E-state index contributed by atoms with van der Waals surface area (Å²) < 4.78 is 45.0. The molecule has 278 valence electrons. The normalized spacial score (nSPS) is 15.7. The van der Waals surface area contributed by atoms with Crippen molar-refractivity contribution in [2.24, 2.45) is 0 Å². The van der Waals surface area contributed by atoms with Gasteiger partial charge in [-0.25, -0.2) is 13.6 Å². The Morgan fingerprint density at radius 1 is 0.885 bits per heavy atom. The van der Waals surface area contributed by atoms with E-state index in [2.05, 4.69) is 57.9 Å². The molecule has 6 nitrogen and oxygen atoms in total. The third kappa shape index (κ3) is 7.48. The monoisotopic (exact) mass is 731 g/mol. The van der Waals surface area contributed by atoms with Crippen molar-refractivity contribution in [2.45, 2.75) is 96.4 Å². The van der Waals surface area contributed by atoms with Gasteiger partial charge in [0.05, 0.1) is 12.7 Å². The van der Waals surface area contributed by atoms with Crippen LogP contribution >= 0.6 is 0 Å². The Labute approximate surface area is 308 Å². The van der Waals surface area contributed by atoms with Gasteiger partial charge >= 0.3 is 6.09 Å². The minimum absolute atomic E-state index is 0.0765. The number of rotatable bonds is 10. The fourth-order valence-corrected chi connectivity index (χ4v) is 13.7. The molecule has 2 aliphatic heterocycles. The fraction of sp³-hybridized carbons (Fsp3) is 0.476. The predicted molar refractivity (Wildman–Crippen MR) is 205 cm³/mol. The van der Waals surface area contributed by atoms with Gasteiger partial charge in [-0.2, -0.15) is 0 Å². The predicted octanol–water partition coefficient (Wildman–Crippen LogP) is 9.99. The van der Waals surface area contributed by atoms with Crippen LogP contribution in [0.4, 0.5) is 23.7 Å². The summed E-state index contributed by atoms with van der Waals surface area (Å²) in [5.74, 6) is 1.88. The molecule has 0 spiro atoms. The maximum absolute atomic E-state index is 15.6. The molecule has 0 radical (unpaired) electrons. The number of anilines is 1. The summed E-state index contributed by atoms with van der Waals surface area (Å²) in [5, 5.41) is 9.31. The highest BCUT2D eigenvalue weighted by molar-refractivity contribution is 6.90. The van der Waals surface area contributed by atoms with E-state index in [1.54, 1.807) is 4.90 Å². The van der Waals surface area contributed by atoms with Gasteiger partial charge < -0.3 is 19.8 Å². The fourth-order valence-electron chi connectivity index (χ4n) is 8.44. The van der Waals surface area contributed by atoms with Gasteiger partial charge in [0, 0.05) is 61.4 Å². The Morgan fingerprint density at radius 2 is 1.50 bits per heavy atom. The van der Waals surface area contributed by atoms with Crippen LogP contribution in [0.25, 0.3) is 11.1 Å². The van der Waals surface area contributed by atoms with Crippen LogP contribution in [0.3, 0.4) is 0 Å². The van der Waals surface area contributed by atoms with E-state index in [9.17, 15) is 23.5 Å². The SMILES string of the molecule is CC(C)[Si](C#CCC(c1cc(F)ccc1F)N1Cc2c(cc(-c3ccc(N4CCN(C(=O)O)CC4)cc3)cc2C(C)(C)CF)C1=O)(C(C)C)C(C)C. The number of alkyl halides is 1. The average molecular weight is 732 g/mol. The minimum Gasteiger partial charge on any atom is -0.465 e. The number of amides is 2. The highest BCUT2D eigenvalue weighted by atomic mass is 28.3. The largest absolute Gasteiger partial charge is 0.465 e. The summed E-state index contributed by atoms with van der Waals surface area (Å²) in [4.78, 5) is 31.0. The molecular weight excluding hydrogens is 680 g/mol. The highest BCUT2D eigenvalue weighted by Crippen LogP contribution is 2.43. The second kappa shape index (κ2) is 15.4. The molecule has 2 heterocycles. The van der Waals surface area contributed by atoms with Crippen molar-refractivity contribution in [1.82, 2.24) is 9.80 Å². The number of nitrogens with zero attached hydrogens (tertiary/aromatic N) is 3. The van der Waals surface area contributed by atoms with E-state index >= 15 is 4.39 Å². The van der Waals surface area contributed by atoms with Crippen LogP contribution in [0, 0.1) is 23.1 Å². The van der Waals surface area contributed by atoms with Crippen molar-refractivity contribution in [3.63, 3.8) is 0 Å². The second-order valence-corrected chi connectivity index (χ2v) is 21.5. The molecule has 10 heteroatoms. The van der Waals surface area contributed by atoms with E-state index in [0.29, 0.717) is 59.5 Å². The van der Waals surface area contributed by atoms with Gasteiger partial charge in [-0.1, -0.05) is 73.6 Å². The van der Waals surface area contributed by atoms with E-state index in [-0.39, 0.29) is 24.4 Å². The van der Waals surface area contributed by atoms with Crippen LogP contribution in [0.15, 0.2) is 54.6 Å². The summed E-state index contributed by atoms with van der Waals surface area (Å²) >= 11 is 0. The van der Waals surface area contributed by atoms with E-state index in [0.717, 1.165) is 35.0 Å². The Kier molecular flexibility index (Phi) is 11.5. The van der Waals surface area contributed by atoms with E-state index in [1.807, 2.05) is 50.2 Å². The maximum atomic E-state index is 15.6. The van der Waals surface area contributed by atoms with Crippen LogP contribution in [0.2, 0.25) is 16.6 Å². The zero-order chi connectivity index (χ0) is 38.1. The third-order valence-corrected chi connectivity index (χ3v) is 17.8. The zero-order valence-electron chi connectivity index (χ0n) is 31.7. The van der Waals surface area contributed by atoms with Gasteiger partial charge in [-0.3, -0.25) is 9.18 Å². The van der Waals surface area contributed by atoms with E-state index < -0.39 is 43.9 Å².